The van der Waals surface area contributed by atoms with Crippen LogP contribution in [-0.4, -0.2) is 47.8 Å². The van der Waals surface area contributed by atoms with Crippen LogP contribution in [0.5, 0.6) is 11.5 Å². The van der Waals surface area contributed by atoms with E-state index in [2.05, 4.69) is 10.1 Å². The molecule has 1 amide bonds. The van der Waals surface area contributed by atoms with Gasteiger partial charge in [0.05, 0.1) is 13.0 Å². The second kappa shape index (κ2) is 7.58. The molecule has 27 heavy (non-hydrogen) atoms. The lowest BCUT2D eigenvalue weighted by Gasteiger charge is -2.35. The molecule has 2 aliphatic heterocycles. The van der Waals surface area contributed by atoms with E-state index in [1.54, 1.807) is 14.0 Å². The fourth-order valence-corrected chi connectivity index (χ4v) is 4.01. The first-order valence-corrected chi connectivity index (χ1v) is 9.50. The van der Waals surface area contributed by atoms with Crippen LogP contribution < -0.4 is 9.47 Å². The van der Waals surface area contributed by atoms with Gasteiger partial charge in [0.15, 0.2) is 17.3 Å². The molecule has 3 heterocycles. The molecule has 1 aromatic carbocycles. The number of amides is 1. The average Bonchev–Trinajstić information content (AvgIpc) is 3.11. The van der Waals surface area contributed by atoms with Crippen LogP contribution in [-0.2, 0) is 17.6 Å². The van der Waals surface area contributed by atoms with Crippen molar-refractivity contribution in [3.05, 3.63) is 35.5 Å². The maximum atomic E-state index is 13.0. The molecule has 1 aromatic heterocycles. The maximum Gasteiger partial charge on any atom is 0.229 e. The van der Waals surface area contributed by atoms with E-state index in [1.165, 1.54) is 0 Å². The molecule has 0 bridgehead atoms. The summed E-state index contributed by atoms with van der Waals surface area (Å²) in [6.07, 6.45) is 3.46. The monoisotopic (exact) mass is 371 g/mol. The number of ether oxygens (including phenoxy) is 2. The van der Waals surface area contributed by atoms with E-state index < -0.39 is 0 Å². The number of likely N-dealkylation sites (tertiary alicyclic amines) is 1. The van der Waals surface area contributed by atoms with Crippen molar-refractivity contribution in [2.45, 2.75) is 32.6 Å². The molecule has 0 radical (unpaired) electrons. The van der Waals surface area contributed by atoms with Gasteiger partial charge in [-0.05, 0) is 36.8 Å². The molecule has 2 aromatic rings. The Hall–Kier alpha value is -2.57. The number of carbonyl (C=O) groups is 1. The third-order valence-corrected chi connectivity index (χ3v) is 5.49. The molecule has 7 nitrogen and oxygen atoms in total. The van der Waals surface area contributed by atoms with E-state index in [4.69, 9.17) is 14.0 Å². The van der Waals surface area contributed by atoms with Gasteiger partial charge in [-0.15, -0.1) is 0 Å². The van der Waals surface area contributed by atoms with Crippen LogP contribution in [0.2, 0.25) is 0 Å². The lowest BCUT2D eigenvalue weighted by atomic mass is 9.90. The predicted octanol–water partition coefficient (Wildman–Crippen LogP) is 2.42. The van der Waals surface area contributed by atoms with Crippen LogP contribution in [0, 0.1) is 18.8 Å². The molecule has 0 unspecified atom stereocenters. The largest absolute Gasteiger partial charge is 0.493 e. The molecule has 1 fully saturated rings. The van der Waals surface area contributed by atoms with Crippen molar-refractivity contribution in [2.75, 3.05) is 26.8 Å². The van der Waals surface area contributed by atoms with E-state index in [-0.39, 0.29) is 11.8 Å². The van der Waals surface area contributed by atoms with Gasteiger partial charge in [-0.3, -0.25) is 4.79 Å². The SMILES string of the molecule is COc1cccc2c1OC[C@@H](C(=O)N1CCC(Cc3noc(C)n3)CC1)C2. The molecule has 0 aliphatic carbocycles. The molecule has 7 heteroatoms. The van der Waals surface area contributed by atoms with Crippen molar-refractivity contribution < 1.29 is 18.8 Å². The van der Waals surface area contributed by atoms with Gasteiger partial charge in [-0.25, -0.2) is 0 Å². The van der Waals surface area contributed by atoms with Crippen molar-refractivity contribution in [3.63, 3.8) is 0 Å². The average molecular weight is 371 g/mol. The zero-order valence-electron chi connectivity index (χ0n) is 15.8. The molecule has 4 rings (SSSR count). The first-order chi connectivity index (χ1) is 13.1. The van der Waals surface area contributed by atoms with Crippen LogP contribution in [0.3, 0.4) is 0 Å². The summed E-state index contributed by atoms with van der Waals surface area (Å²) >= 11 is 0. The molecular formula is C20H25N3O4. The Labute approximate surface area is 158 Å². The Kier molecular flexibility index (Phi) is 5.01. The van der Waals surface area contributed by atoms with E-state index in [9.17, 15) is 4.79 Å². The zero-order valence-corrected chi connectivity index (χ0v) is 15.8. The number of benzene rings is 1. The van der Waals surface area contributed by atoms with Gasteiger partial charge in [0.2, 0.25) is 11.8 Å². The van der Waals surface area contributed by atoms with Gasteiger partial charge in [0, 0.05) is 26.4 Å². The van der Waals surface area contributed by atoms with E-state index in [1.807, 2.05) is 23.1 Å². The summed E-state index contributed by atoms with van der Waals surface area (Å²) in [6.45, 7) is 3.77. The van der Waals surface area contributed by atoms with Crippen molar-refractivity contribution >= 4 is 5.91 Å². The summed E-state index contributed by atoms with van der Waals surface area (Å²) in [4.78, 5) is 19.2. The standard InChI is InChI=1S/C20H25N3O4/c1-13-21-18(22-27-13)10-14-6-8-23(9-7-14)20(24)16-11-15-4-3-5-17(25-2)19(15)26-12-16/h3-5,14,16H,6-12H2,1-2H3/t16-/m0/s1. The summed E-state index contributed by atoms with van der Waals surface area (Å²) < 4.78 is 16.3. The summed E-state index contributed by atoms with van der Waals surface area (Å²) in [6, 6.07) is 5.84. The second-order valence-corrected chi connectivity index (χ2v) is 7.36. The summed E-state index contributed by atoms with van der Waals surface area (Å²) in [5, 5.41) is 3.98. The fourth-order valence-electron chi connectivity index (χ4n) is 4.01. The highest BCUT2D eigenvalue weighted by atomic mass is 16.5. The summed E-state index contributed by atoms with van der Waals surface area (Å²) in [7, 11) is 1.64. The van der Waals surface area contributed by atoms with Gasteiger partial charge >= 0.3 is 0 Å². The Morgan fingerprint density at radius 3 is 2.85 bits per heavy atom. The normalized spacial score (nSPS) is 20.1. The highest BCUT2D eigenvalue weighted by Gasteiger charge is 2.33. The smallest absolute Gasteiger partial charge is 0.229 e. The minimum atomic E-state index is -0.124. The fraction of sp³-hybridized carbons (Fsp3) is 0.550. The number of aromatic nitrogens is 2. The third-order valence-electron chi connectivity index (χ3n) is 5.49. The van der Waals surface area contributed by atoms with Crippen molar-refractivity contribution in [1.29, 1.82) is 0 Å². The van der Waals surface area contributed by atoms with Gasteiger partial charge in [-0.1, -0.05) is 17.3 Å². The highest BCUT2D eigenvalue weighted by Crippen LogP contribution is 2.36. The summed E-state index contributed by atoms with van der Waals surface area (Å²) in [5.41, 5.74) is 1.04. The number of rotatable bonds is 4. The molecule has 0 spiro atoms. The van der Waals surface area contributed by atoms with Gasteiger partial charge < -0.3 is 18.9 Å². The highest BCUT2D eigenvalue weighted by molar-refractivity contribution is 5.80. The van der Waals surface area contributed by atoms with Crippen LogP contribution >= 0.6 is 0 Å². The Morgan fingerprint density at radius 2 is 2.15 bits per heavy atom. The minimum absolute atomic E-state index is 0.124. The number of hydrogen-bond acceptors (Lipinski definition) is 6. The number of hydrogen-bond donors (Lipinski definition) is 0. The van der Waals surface area contributed by atoms with Crippen molar-refractivity contribution in [2.24, 2.45) is 11.8 Å². The van der Waals surface area contributed by atoms with E-state index >= 15 is 0 Å². The van der Waals surface area contributed by atoms with Crippen LogP contribution in [0.15, 0.2) is 22.7 Å². The van der Waals surface area contributed by atoms with Crippen molar-refractivity contribution in [1.82, 2.24) is 15.0 Å². The number of nitrogens with zero attached hydrogens (tertiary/aromatic N) is 3. The maximum absolute atomic E-state index is 13.0. The predicted molar refractivity (Wildman–Crippen MR) is 97.7 cm³/mol. The molecule has 1 saturated heterocycles. The van der Waals surface area contributed by atoms with Gasteiger partial charge in [0.1, 0.15) is 6.61 Å². The zero-order chi connectivity index (χ0) is 18.8. The number of aryl methyl sites for hydroxylation is 1. The quantitative estimate of drug-likeness (QED) is 0.821. The first kappa shape index (κ1) is 17.8. The number of methoxy groups -OCH3 is 1. The van der Waals surface area contributed by atoms with Gasteiger partial charge in [0.25, 0.3) is 0 Å². The molecule has 0 N–H and O–H groups in total. The number of fused-ring (bicyclic) bond motifs is 1. The summed E-state index contributed by atoms with van der Waals surface area (Å²) in [5.74, 6) is 3.45. The van der Waals surface area contributed by atoms with Crippen LogP contribution in [0.25, 0.3) is 0 Å². The topological polar surface area (TPSA) is 77.7 Å². The Morgan fingerprint density at radius 1 is 1.33 bits per heavy atom. The molecule has 1 atom stereocenters. The molecule has 2 aliphatic rings. The van der Waals surface area contributed by atoms with E-state index in [0.717, 1.165) is 55.2 Å². The number of carbonyl (C=O) groups excluding carboxylic acids is 1. The van der Waals surface area contributed by atoms with E-state index in [0.29, 0.717) is 24.8 Å². The van der Waals surface area contributed by atoms with Crippen molar-refractivity contribution in [3.8, 4) is 11.5 Å². The number of para-hydroxylation sites is 1. The Balaban J connectivity index is 1.33. The minimum Gasteiger partial charge on any atom is -0.493 e. The van der Waals surface area contributed by atoms with Gasteiger partial charge in [-0.2, -0.15) is 4.98 Å². The molecule has 144 valence electrons. The van der Waals surface area contributed by atoms with Crippen LogP contribution in [0.4, 0.5) is 0 Å². The first-order valence-electron chi connectivity index (χ1n) is 9.50. The molecular weight excluding hydrogens is 346 g/mol. The number of piperidine rings is 1. The van der Waals surface area contributed by atoms with Crippen LogP contribution in [0.1, 0.15) is 30.1 Å². The molecule has 0 saturated carbocycles. The lowest BCUT2D eigenvalue weighted by Crippen LogP contribution is -2.45. The third kappa shape index (κ3) is 3.77. The second-order valence-electron chi connectivity index (χ2n) is 7.36. The Bertz CT molecular complexity index is 811. The lowest BCUT2D eigenvalue weighted by molar-refractivity contribution is -0.138.